The first-order valence-corrected chi connectivity index (χ1v) is 15.0. The molecule has 0 saturated heterocycles. The van der Waals surface area contributed by atoms with Crippen molar-refractivity contribution < 1.29 is 5.11 Å². The van der Waals surface area contributed by atoms with Crippen molar-refractivity contribution in [2.45, 2.75) is 84.0 Å². The Morgan fingerprint density at radius 3 is 1.45 bits per heavy atom. The molecule has 5 aromatic rings. The van der Waals surface area contributed by atoms with Gasteiger partial charge in [0, 0.05) is 10.8 Å². The number of aryl methyl sites for hydroxylation is 3. The first kappa shape index (κ1) is 25.3. The number of aromatic hydroxyl groups is 1. The molecule has 0 spiro atoms. The standard InChI is InChI=1S/C37H38N2O/c1-6-8-14-36-25-12-10-11-13-26(25)37(15-9-7-2,30-21-35(40)24(5)16-27(30)36)29-20-34-33(19-28(29)36)38-31-17-22(3)23(4)18-32(31)39-34/h10-13,16-21,40H,6-9,14-15H2,1-5H3. The van der Waals surface area contributed by atoms with Crippen LogP contribution in [-0.4, -0.2) is 15.1 Å². The molecule has 0 radical (unpaired) electrons. The van der Waals surface area contributed by atoms with Gasteiger partial charge >= 0.3 is 0 Å². The van der Waals surface area contributed by atoms with E-state index >= 15 is 0 Å². The molecule has 0 amide bonds. The molecular weight excluding hydrogens is 488 g/mol. The van der Waals surface area contributed by atoms with E-state index in [4.69, 9.17) is 9.97 Å². The molecule has 3 aliphatic rings. The fraction of sp³-hybridized carbons (Fsp3) is 0.351. The normalized spacial score (nSPS) is 20.5. The zero-order valence-electron chi connectivity index (χ0n) is 24.4. The number of nitrogens with zero attached hydrogens (tertiary/aromatic N) is 2. The van der Waals surface area contributed by atoms with Gasteiger partial charge in [-0.3, -0.25) is 0 Å². The van der Waals surface area contributed by atoms with E-state index in [0.717, 1.165) is 66.2 Å². The van der Waals surface area contributed by atoms with Crippen molar-refractivity contribution in [2.24, 2.45) is 0 Å². The number of phenolic OH excluding ortho intramolecular Hbond substituents is 1. The smallest absolute Gasteiger partial charge is 0.118 e. The number of rotatable bonds is 6. The van der Waals surface area contributed by atoms with Crippen LogP contribution >= 0.6 is 0 Å². The van der Waals surface area contributed by atoms with Crippen LogP contribution in [0.15, 0.2) is 60.7 Å². The Morgan fingerprint density at radius 1 is 0.550 bits per heavy atom. The van der Waals surface area contributed by atoms with E-state index in [0.29, 0.717) is 5.75 Å². The van der Waals surface area contributed by atoms with Crippen molar-refractivity contribution in [1.82, 2.24) is 9.97 Å². The summed E-state index contributed by atoms with van der Waals surface area (Å²) < 4.78 is 0. The van der Waals surface area contributed by atoms with Crippen LogP contribution in [0.1, 0.15) is 102 Å². The lowest BCUT2D eigenvalue weighted by Gasteiger charge is -2.57. The van der Waals surface area contributed by atoms with Crippen LogP contribution in [0, 0.1) is 20.8 Å². The Morgan fingerprint density at radius 2 is 0.975 bits per heavy atom. The second kappa shape index (κ2) is 8.89. The molecular formula is C37H38N2O. The van der Waals surface area contributed by atoms with Crippen LogP contribution in [0.4, 0.5) is 0 Å². The number of phenols is 1. The Hall–Kier alpha value is -3.72. The van der Waals surface area contributed by atoms with Gasteiger partial charge in [-0.05, 0) is 114 Å². The van der Waals surface area contributed by atoms with E-state index in [1.54, 1.807) is 0 Å². The molecule has 1 N–H and O–H groups in total. The summed E-state index contributed by atoms with van der Waals surface area (Å²) in [6, 6.07) is 22.6. The number of aromatic nitrogens is 2. The predicted octanol–water partition coefficient (Wildman–Crippen LogP) is 9.09. The summed E-state index contributed by atoms with van der Waals surface area (Å²) in [5.74, 6) is 0.393. The zero-order valence-corrected chi connectivity index (χ0v) is 24.4. The number of benzene rings is 4. The quantitative estimate of drug-likeness (QED) is 0.224. The first-order valence-electron chi connectivity index (χ1n) is 15.0. The molecule has 3 heteroatoms. The van der Waals surface area contributed by atoms with Gasteiger partial charge in [-0.1, -0.05) is 69.9 Å². The van der Waals surface area contributed by atoms with Gasteiger partial charge in [0.05, 0.1) is 22.1 Å². The summed E-state index contributed by atoms with van der Waals surface area (Å²) in [5.41, 5.74) is 14.9. The lowest BCUT2D eigenvalue weighted by Crippen LogP contribution is -2.51. The van der Waals surface area contributed by atoms with Crippen molar-refractivity contribution in [3.05, 3.63) is 111 Å². The highest BCUT2D eigenvalue weighted by molar-refractivity contribution is 5.90. The van der Waals surface area contributed by atoms with Gasteiger partial charge in [-0.2, -0.15) is 0 Å². The number of hydrogen-bond donors (Lipinski definition) is 1. The summed E-state index contributed by atoms with van der Waals surface area (Å²) >= 11 is 0. The third-order valence-electron chi connectivity index (χ3n) is 10.0. The minimum absolute atomic E-state index is 0.280. The average Bonchev–Trinajstić information content (AvgIpc) is 2.95. The van der Waals surface area contributed by atoms with E-state index in [1.165, 1.54) is 44.5 Å². The topological polar surface area (TPSA) is 46.0 Å². The number of unbranched alkanes of at least 4 members (excludes halogenated alkanes) is 2. The van der Waals surface area contributed by atoms with Gasteiger partial charge in [0.25, 0.3) is 0 Å². The molecule has 2 unspecified atom stereocenters. The van der Waals surface area contributed by atoms with Crippen LogP contribution in [0.2, 0.25) is 0 Å². The van der Waals surface area contributed by atoms with E-state index in [9.17, 15) is 5.11 Å². The third-order valence-corrected chi connectivity index (χ3v) is 10.0. The summed E-state index contributed by atoms with van der Waals surface area (Å²) in [6.45, 7) is 10.9. The summed E-state index contributed by atoms with van der Waals surface area (Å²) in [5, 5.41) is 11.1. The van der Waals surface area contributed by atoms with E-state index in [2.05, 4.69) is 88.4 Å². The van der Waals surface area contributed by atoms with E-state index in [-0.39, 0.29) is 10.8 Å². The van der Waals surface area contributed by atoms with Crippen LogP contribution in [0.3, 0.4) is 0 Å². The highest BCUT2D eigenvalue weighted by atomic mass is 16.3. The Bertz CT molecular complexity index is 1700. The predicted molar refractivity (Wildman–Crippen MR) is 165 cm³/mol. The molecule has 0 saturated carbocycles. The van der Waals surface area contributed by atoms with Crippen molar-refractivity contribution in [2.75, 3.05) is 0 Å². The molecule has 202 valence electrons. The molecule has 0 fully saturated rings. The molecule has 3 nitrogen and oxygen atoms in total. The molecule has 1 aromatic heterocycles. The fourth-order valence-electron chi connectivity index (χ4n) is 7.88. The second-order valence-electron chi connectivity index (χ2n) is 12.3. The van der Waals surface area contributed by atoms with Crippen molar-refractivity contribution >= 4 is 22.1 Å². The molecule has 0 aliphatic heterocycles. The molecule has 2 atom stereocenters. The average molecular weight is 527 g/mol. The number of fused-ring (bicyclic) bond motifs is 2. The first-order chi connectivity index (χ1) is 19.3. The molecule has 8 rings (SSSR count). The minimum Gasteiger partial charge on any atom is -0.508 e. The third kappa shape index (κ3) is 3.18. The van der Waals surface area contributed by atoms with Gasteiger partial charge in [0.1, 0.15) is 5.75 Å². The largest absolute Gasteiger partial charge is 0.508 e. The van der Waals surface area contributed by atoms with Crippen LogP contribution in [-0.2, 0) is 10.8 Å². The fourth-order valence-corrected chi connectivity index (χ4v) is 7.88. The highest BCUT2D eigenvalue weighted by Crippen LogP contribution is 2.65. The van der Waals surface area contributed by atoms with Crippen LogP contribution < -0.4 is 0 Å². The molecule has 40 heavy (non-hydrogen) atoms. The Kier molecular flexibility index (Phi) is 5.62. The lowest BCUT2D eigenvalue weighted by atomic mass is 9.45. The van der Waals surface area contributed by atoms with Gasteiger partial charge in [-0.15, -0.1) is 0 Å². The van der Waals surface area contributed by atoms with Crippen LogP contribution in [0.5, 0.6) is 5.75 Å². The zero-order chi connectivity index (χ0) is 27.8. The molecule has 2 bridgehead atoms. The summed E-state index contributed by atoms with van der Waals surface area (Å²) in [7, 11) is 0. The van der Waals surface area contributed by atoms with Crippen LogP contribution in [0.25, 0.3) is 22.1 Å². The van der Waals surface area contributed by atoms with E-state index in [1.807, 2.05) is 6.92 Å². The van der Waals surface area contributed by atoms with Gasteiger partial charge in [-0.25, -0.2) is 9.97 Å². The van der Waals surface area contributed by atoms with E-state index < -0.39 is 0 Å². The Balaban J connectivity index is 1.66. The maximum Gasteiger partial charge on any atom is 0.118 e. The van der Waals surface area contributed by atoms with Crippen molar-refractivity contribution in [3.63, 3.8) is 0 Å². The molecule has 3 aliphatic carbocycles. The minimum atomic E-state index is -0.329. The van der Waals surface area contributed by atoms with Gasteiger partial charge < -0.3 is 5.11 Å². The number of hydrogen-bond acceptors (Lipinski definition) is 3. The highest BCUT2D eigenvalue weighted by Gasteiger charge is 2.58. The maximum atomic E-state index is 11.1. The second-order valence-corrected chi connectivity index (χ2v) is 12.3. The Labute approximate surface area is 237 Å². The summed E-state index contributed by atoms with van der Waals surface area (Å²) in [4.78, 5) is 10.4. The molecule has 1 heterocycles. The monoisotopic (exact) mass is 526 g/mol. The van der Waals surface area contributed by atoms with Crippen molar-refractivity contribution in [3.8, 4) is 5.75 Å². The van der Waals surface area contributed by atoms with Crippen molar-refractivity contribution in [1.29, 1.82) is 0 Å². The maximum absolute atomic E-state index is 11.1. The summed E-state index contributed by atoms with van der Waals surface area (Å²) in [6.07, 6.45) is 6.49. The molecule has 4 aromatic carbocycles. The SMILES string of the molecule is CCCCC12c3ccccc3C(CCCC)(c3cc(O)c(C)cc31)c1cc3nc4cc(C)c(C)cc4nc3cc12. The van der Waals surface area contributed by atoms with Gasteiger partial charge in [0.15, 0.2) is 0 Å². The lowest BCUT2D eigenvalue weighted by molar-refractivity contribution is 0.399. The van der Waals surface area contributed by atoms with Gasteiger partial charge in [0.2, 0.25) is 0 Å².